The van der Waals surface area contributed by atoms with Gasteiger partial charge < -0.3 is 34.7 Å². The molecule has 0 radical (unpaired) electrons. The van der Waals surface area contributed by atoms with Crippen LogP contribution >= 0.6 is 0 Å². The van der Waals surface area contributed by atoms with Gasteiger partial charge in [-0.25, -0.2) is 21.6 Å². The van der Waals surface area contributed by atoms with E-state index in [1.54, 1.807) is 45.2 Å². The van der Waals surface area contributed by atoms with Crippen LogP contribution in [-0.2, 0) is 35.9 Å². The van der Waals surface area contributed by atoms with Gasteiger partial charge in [0.05, 0.1) is 42.6 Å². The number of anilines is 1. The molecule has 0 aliphatic carbocycles. The molecule has 2 aromatic rings. The van der Waals surface area contributed by atoms with Crippen LogP contribution in [0.3, 0.4) is 0 Å². The summed E-state index contributed by atoms with van der Waals surface area (Å²) < 4.78 is 66.8. The molecule has 256 valence electrons. The Morgan fingerprint density at radius 3 is 2.48 bits per heavy atom. The zero-order valence-corrected chi connectivity index (χ0v) is 28.3. The highest BCUT2D eigenvalue weighted by molar-refractivity contribution is 7.89. The van der Waals surface area contributed by atoms with Crippen LogP contribution in [0.2, 0.25) is 0 Å². The number of aliphatic hydroxyl groups excluding tert-OH is 1. The summed E-state index contributed by atoms with van der Waals surface area (Å²) in [5, 5.41) is 27.7. The van der Waals surface area contributed by atoms with Gasteiger partial charge in [-0.3, -0.25) is 0 Å². The largest absolute Gasteiger partial charge is 0.530 e. The van der Waals surface area contributed by atoms with E-state index < -0.39 is 62.6 Å². The summed E-state index contributed by atoms with van der Waals surface area (Å²) in [6, 6.07) is 13.6. The van der Waals surface area contributed by atoms with Gasteiger partial charge in [-0.05, 0) is 48.4 Å². The number of fused-ring (bicyclic) bond motifs is 1. The monoisotopic (exact) mass is 681 g/mol. The first kappa shape index (κ1) is 36.1. The van der Waals surface area contributed by atoms with E-state index in [9.17, 15) is 31.8 Å². The van der Waals surface area contributed by atoms with E-state index in [0.717, 1.165) is 21.0 Å². The van der Waals surface area contributed by atoms with Crippen LogP contribution in [0.5, 0.6) is 0 Å². The lowest BCUT2D eigenvalue weighted by Crippen LogP contribution is -2.61. The Morgan fingerprint density at radius 2 is 1.83 bits per heavy atom. The molecule has 2 aliphatic heterocycles. The van der Waals surface area contributed by atoms with Crippen molar-refractivity contribution in [2.75, 3.05) is 51.5 Å². The molecule has 5 atom stereocenters. The Bertz CT molecular complexity index is 1540. The summed E-state index contributed by atoms with van der Waals surface area (Å²) in [4.78, 5) is 13.9. The van der Waals surface area contributed by atoms with Gasteiger partial charge in [0, 0.05) is 38.3 Å². The van der Waals surface area contributed by atoms with Crippen molar-refractivity contribution in [2.45, 2.75) is 62.5 Å². The molecule has 2 heterocycles. The molecule has 46 heavy (non-hydrogen) atoms. The van der Waals surface area contributed by atoms with Crippen molar-refractivity contribution in [1.82, 2.24) is 13.9 Å². The maximum absolute atomic E-state index is 14.2. The van der Waals surface area contributed by atoms with Gasteiger partial charge in [-0.15, -0.1) is 0 Å². The van der Waals surface area contributed by atoms with E-state index >= 15 is 0 Å². The van der Waals surface area contributed by atoms with E-state index in [0.29, 0.717) is 25.1 Å². The van der Waals surface area contributed by atoms with Crippen molar-refractivity contribution < 1.29 is 41.3 Å². The van der Waals surface area contributed by atoms with Gasteiger partial charge in [0.1, 0.15) is 6.09 Å². The Morgan fingerprint density at radius 1 is 1.11 bits per heavy atom. The number of carboxylic acid groups (broad SMARTS) is 1. The Hall–Kier alpha value is -2.79. The number of ether oxygens (including phenoxy) is 2. The number of nitrogens with one attached hydrogen (secondary N) is 2. The lowest BCUT2D eigenvalue weighted by Gasteiger charge is -2.43. The number of carbonyl (C=O) groups excluding carboxylic acids is 1. The molecule has 15 heteroatoms. The van der Waals surface area contributed by atoms with Gasteiger partial charge in [0.2, 0.25) is 20.0 Å². The van der Waals surface area contributed by atoms with Crippen molar-refractivity contribution >= 4 is 31.8 Å². The average molecular weight is 682 g/mol. The minimum absolute atomic E-state index is 0.0110. The van der Waals surface area contributed by atoms with Gasteiger partial charge in [-0.1, -0.05) is 50.2 Å². The van der Waals surface area contributed by atoms with E-state index in [4.69, 9.17) is 9.47 Å². The van der Waals surface area contributed by atoms with Crippen molar-refractivity contribution in [3.8, 4) is 0 Å². The predicted molar refractivity (Wildman–Crippen MR) is 171 cm³/mol. The standard InChI is InChI=1S/C31H46N4O9S2/c1-31(2,14-15-33-45(4,39)40)21-34(46(41,42)24-12-8-11-23(18-24)32-3)19-28(36)26(17-22-9-6-5-7-10-22)35(30(37)38)27-20-44-29-25(27)13-16-43-29/h5-12,18,25-29,32-33,36H,13-17,19-21H2,1-4H3,(H,37,38)/p-1/t25-,26-,27-,28+,29+/m0/s1. The molecule has 0 unspecified atom stereocenters. The molecular formula is C31H45N4O9S2-. The third kappa shape index (κ3) is 9.18. The Balaban J connectivity index is 1.70. The van der Waals surface area contributed by atoms with E-state index in [1.165, 1.54) is 12.1 Å². The number of rotatable bonds is 16. The third-order valence-corrected chi connectivity index (χ3v) is 11.1. The van der Waals surface area contributed by atoms with Crippen molar-refractivity contribution in [1.29, 1.82) is 0 Å². The number of sulfonamides is 2. The molecule has 0 bridgehead atoms. The molecule has 13 nitrogen and oxygen atoms in total. The van der Waals surface area contributed by atoms with Gasteiger partial charge in [0.25, 0.3) is 0 Å². The van der Waals surface area contributed by atoms with Crippen LogP contribution in [0.15, 0.2) is 59.5 Å². The molecule has 4 rings (SSSR count). The fourth-order valence-electron chi connectivity index (χ4n) is 6.19. The molecule has 1 amide bonds. The van der Waals surface area contributed by atoms with Gasteiger partial charge >= 0.3 is 0 Å². The van der Waals surface area contributed by atoms with E-state index in [2.05, 4.69) is 10.0 Å². The van der Waals surface area contributed by atoms with Crippen molar-refractivity contribution in [3.63, 3.8) is 0 Å². The van der Waals surface area contributed by atoms with Crippen LogP contribution in [0, 0.1) is 11.3 Å². The smallest absolute Gasteiger partial charge is 0.243 e. The molecule has 2 fully saturated rings. The molecular weight excluding hydrogens is 636 g/mol. The zero-order valence-electron chi connectivity index (χ0n) is 26.7. The van der Waals surface area contributed by atoms with Crippen LogP contribution in [0.4, 0.5) is 10.5 Å². The molecule has 2 aromatic carbocycles. The molecule has 0 saturated carbocycles. The van der Waals surface area contributed by atoms with Gasteiger partial charge in [-0.2, -0.15) is 4.31 Å². The second-order valence-corrected chi connectivity index (χ2v) is 16.5. The number of hydrogen-bond donors (Lipinski definition) is 3. The highest BCUT2D eigenvalue weighted by Gasteiger charge is 2.47. The number of hydrogen-bond acceptors (Lipinski definition) is 10. The van der Waals surface area contributed by atoms with Crippen LogP contribution in [0.1, 0.15) is 32.3 Å². The maximum atomic E-state index is 14.2. The first-order valence-electron chi connectivity index (χ1n) is 15.3. The third-order valence-electron chi connectivity index (χ3n) is 8.59. The molecule has 2 saturated heterocycles. The summed E-state index contributed by atoms with van der Waals surface area (Å²) in [5.41, 5.74) is 0.568. The number of carbonyl (C=O) groups is 1. The lowest BCUT2D eigenvalue weighted by atomic mass is 9.89. The highest BCUT2D eigenvalue weighted by Crippen LogP contribution is 2.36. The topological polar surface area (TPSA) is 178 Å². The number of benzene rings is 2. The summed E-state index contributed by atoms with van der Waals surface area (Å²) >= 11 is 0. The van der Waals surface area contributed by atoms with Crippen molar-refractivity contribution in [2.24, 2.45) is 11.3 Å². The Kier molecular flexibility index (Phi) is 11.7. The summed E-state index contributed by atoms with van der Waals surface area (Å²) in [6.45, 7) is 3.64. The summed E-state index contributed by atoms with van der Waals surface area (Å²) in [6.07, 6.45) is -1.52. The summed E-state index contributed by atoms with van der Waals surface area (Å²) in [7, 11) is -6.03. The number of nitrogens with zero attached hydrogens (tertiary/aromatic N) is 2. The maximum Gasteiger partial charge on any atom is 0.243 e. The number of amides is 1. The minimum Gasteiger partial charge on any atom is -0.530 e. The zero-order chi connectivity index (χ0) is 33.7. The second kappa shape index (κ2) is 15.0. The lowest BCUT2D eigenvalue weighted by molar-refractivity contribution is -0.273. The van der Waals surface area contributed by atoms with E-state index in [1.807, 2.05) is 18.2 Å². The minimum atomic E-state index is -4.23. The average Bonchev–Trinajstić information content (AvgIpc) is 3.61. The normalized spacial score (nSPS) is 21.6. The van der Waals surface area contributed by atoms with Crippen molar-refractivity contribution in [3.05, 3.63) is 60.2 Å². The second-order valence-electron chi connectivity index (χ2n) is 12.7. The quantitative estimate of drug-likeness (QED) is 0.232. The predicted octanol–water partition coefficient (Wildman–Crippen LogP) is 1.06. The van der Waals surface area contributed by atoms with Crippen LogP contribution in [-0.4, -0.2) is 108 Å². The van der Waals surface area contributed by atoms with E-state index in [-0.39, 0.29) is 36.9 Å². The fraction of sp³-hybridized carbons (Fsp3) is 0.581. The molecule has 2 aliphatic rings. The Labute approximate surface area is 272 Å². The molecule has 0 spiro atoms. The fourth-order valence-corrected chi connectivity index (χ4v) is 8.36. The molecule has 3 N–H and O–H groups in total. The summed E-state index contributed by atoms with van der Waals surface area (Å²) in [5.74, 6) is -0.256. The van der Waals surface area contributed by atoms with Gasteiger partial charge in [0.15, 0.2) is 6.29 Å². The first-order valence-corrected chi connectivity index (χ1v) is 18.6. The van der Waals surface area contributed by atoms with Crippen LogP contribution in [0.25, 0.3) is 0 Å². The van der Waals surface area contributed by atoms with Crippen LogP contribution < -0.4 is 15.1 Å². The molecule has 0 aromatic heterocycles. The highest BCUT2D eigenvalue weighted by atomic mass is 32.2. The first-order chi connectivity index (χ1) is 21.6. The number of aliphatic hydroxyl groups is 1. The SMILES string of the molecule is CNc1cccc(S(=O)(=O)N(C[C@@H](O)[C@H](Cc2ccccc2)N(C(=O)[O-])[C@H]2CO[C@H]3OCC[C@H]32)CC(C)(C)CCNS(C)(=O)=O)c1.